The first-order valence-electron chi connectivity index (χ1n) is 3.52. The Balaban J connectivity index is 2.69. The van der Waals surface area contributed by atoms with Gasteiger partial charge in [0.2, 0.25) is 0 Å². The number of aliphatic hydroxyl groups excluding tert-OH is 1. The third-order valence-corrected chi connectivity index (χ3v) is 1.33. The molecule has 0 aliphatic carbocycles. The molecule has 0 aliphatic rings. The zero-order chi connectivity index (χ0) is 8.97. The normalized spacial score (nSPS) is 9.83. The average Bonchev–Trinajstić information content (AvgIpc) is 2.07. The second-order valence-electron chi connectivity index (χ2n) is 2.26. The lowest BCUT2D eigenvalue weighted by Gasteiger charge is -2.04. The van der Waals surface area contributed by atoms with Gasteiger partial charge in [-0.15, -0.1) is 0 Å². The number of nitrogens with two attached hydrogens (primary N) is 1. The van der Waals surface area contributed by atoms with Crippen molar-refractivity contribution in [3.63, 3.8) is 0 Å². The lowest BCUT2D eigenvalue weighted by atomic mass is 10.3. The van der Waals surface area contributed by atoms with Crippen molar-refractivity contribution in [3.8, 4) is 5.75 Å². The average molecular weight is 171 g/mol. The van der Waals surface area contributed by atoms with Crippen LogP contribution >= 0.6 is 0 Å². The topological polar surface area (TPSA) is 55.5 Å². The van der Waals surface area contributed by atoms with E-state index in [9.17, 15) is 4.39 Å². The van der Waals surface area contributed by atoms with Gasteiger partial charge in [-0.3, -0.25) is 0 Å². The Morgan fingerprint density at radius 2 is 2.25 bits per heavy atom. The number of benzene rings is 1. The molecule has 12 heavy (non-hydrogen) atoms. The van der Waals surface area contributed by atoms with E-state index >= 15 is 0 Å². The number of ether oxygens (including phenoxy) is 1. The fourth-order valence-electron chi connectivity index (χ4n) is 0.775. The van der Waals surface area contributed by atoms with Gasteiger partial charge >= 0.3 is 0 Å². The summed E-state index contributed by atoms with van der Waals surface area (Å²) < 4.78 is 17.6. The third kappa shape index (κ3) is 2.10. The highest BCUT2D eigenvalue weighted by Crippen LogP contribution is 2.17. The Morgan fingerprint density at radius 1 is 1.50 bits per heavy atom. The summed E-state index contributed by atoms with van der Waals surface area (Å²) in [5, 5.41) is 8.42. The zero-order valence-corrected chi connectivity index (χ0v) is 6.46. The van der Waals surface area contributed by atoms with Crippen LogP contribution in [0.1, 0.15) is 0 Å². The Bertz CT molecular complexity index is 265. The summed E-state index contributed by atoms with van der Waals surface area (Å²) >= 11 is 0. The van der Waals surface area contributed by atoms with Gasteiger partial charge in [-0.1, -0.05) is 0 Å². The predicted molar refractivity (Wildman–Crippen MR) is 43.4 cm³/mol. The molecule has 0 heterocycles. The first-order valence-corrected chi connectivity index (χ1v) is 3.52. The third-order valence-electron chi connectivity index (χ3n) is 1.33. The lowest BCUT2D eigenvalue weighted by Crippen LogP contribution is -2.02. The summed E-state index contributed by atoms with van der Waals surface area (Å²) in [7, 11) is 0. The molecule has 0 spiro atoms. The molecule has 3 nitrogen and oxygen atoms in total. The van der Waals surface area contributed by atoms with Gasteiger partial charge in [0.25, 0.3) is 0 Å². The van der Waals surface area contributed by atoms with E-state index < -0.39 is 5.82 Å². The molecule has 1 rings (SSSR count). The van der Waals surface area contributed by atoms with Gasteiger partial charge in [-0.2, -0.15) is 0 Å². The summed E-state index contributed by atoms with van der Waals surface area (Å²) in [4.78, 5) is 0. The molecule has 0 atom stereocenters. The quantitative estimate of drug-likeness (QED) is 0.661. The smallest absolute Gasteiger partial charge is 0.146 e. The molecule has 0 saturated carbocycles. The Morgan fingerprint density at radius 3 is 2.83 bits per heavy atom. The van der Waals surface area contributed by atoms with Gasteiger partial charge in [-0.05, 0) is 12.1 Å². The Kier molecular flexibility index (Phi) is 2.88. The lowest BCUT2D eigenvalue weighted by molar-refractivity contribution is 0.201. The minimum Gasteiger partial charge on any atom is -0.491 e. The largest absolute Gasteiger partial charge is 0.491 e. The van der Waals surface area contributed by atoms with Crippen LogP contribution in [0.25, 0.3) is 0 Å². The number of aliphatic hydroxyl groups is 1. The van der Waals surface area contributed by atoms with Crippen molar-refractivity contribution >= 4 is 5.69 Å². The Hall–Kier alpha value is -1.29. The van der Waals surface area contributed by atoms with Crippen LogP contribution in [0.3, 0.4) is 0 Å². The van der Waals surface area contributed by atoms with Crippen LogP contribution in [0.5, 0.6) is 5.75 Å². The maximum absolute atomic E-state index is 12.6. The molecule has 0 unspecified atom stereocenters. The Labute approximate surface area is 69.6 Å². The molecule has 3 N–H and O–H groups in total. The summed E-state index contributed by atoms with van der Waals surface area (Å²) in [6.07, 6.45) is 0. The molecular weight excluding hydrogens is 161 g/mol. The second-order valence-corrected chi connectivity index (χ2v) is 2.26. The molecule has 1 aromatic carbocycles. The molecule has 0 fully saturated rings. The number of nitrogen functional groups attached to an aromatic ring is 1. The molecule has 0 amide bonds. The van der Waals surface area contributed by atoms with E-state index in [2.05, 4.69) is 0 Å². The van der Waals surface area contributed by atoms with E-state index in [0.717, 1.165) is 0 Å². The summed E-state index contributed by atoms with van der Waals surface area (Å²) in [5.41, 5.74) is 5.32. The van der Waals surface area contributed by atoms with Gasteiger partial charge in [0.05, 0.1) is 12.3 Å². The van der Waals surface area contributed by atoms with Crippen molar-refractivity contribution in [3.05, 3.63) is 24.0 Å². The molecule has 0 aliphatic heterocycles. The number of hydrogen-bond donors (Lipinski definition) is 2. The van der Waals surface area contributed by atoms with Gasteiger partial charge in [0.15, 0.2) is 0 Å². The summed E-state index contributed by atoms with van der Waals surface area (Å²) in [6.45, 7) is 0.113. The van der Waals surface area contributed by atoms with Crippen LogP contribution in [0.2, 0.25) is 0 Å². The van der Waals surface area contributed by atoms with Gasteiger partial charge < -0.3 is 15.6 Å². The van der Waals surface area contributed by atoms with E-state index in [4.69, 9.17) is 15.6 Å². The molecule has 66 valence electrons. The van der Waals surface area contributed by atoms with Crippen LogP contribution in [0, 0.1) is 5.82 Å². The summed E-state index contributed by atoms with van der Waals surface area (Å²) in [6, 6.07) is 4.06. The molecule has 0 radical (unpaired) electrons. The molecule has 0 bridgehead atoms. The maximum Gasteiger partial charge on any atom is 0.146 e. The molecule has 4 heteroatoms. The fourth-order valence-corrected chi connectivity index (χ4v) is 0.775. The number of anilines is 1. The van der Waals surface area contributed by atoms with E-state index in [1.807, 2.05) is 0 Å². The zero-order valence-electron chi connectivity index (χ0n) is 6.46. The number of rotatable bonds is 3. The van der Waals surface area contributed by atoms with Crippen LogP contribution in [0.4, 0.5) is 10.1 Å². The molecule has 0 saturated heterocycles. The van der Waals surface area contributed by atoms with Crippen LogP contribution in [0.15, 0.2) is 18.2 Å². The minimum atomic E-state index is -0.466. The van der Waals surface area contributed by atoms with Crippen molar-refractivity contribution in [1.82, 2.24) is 0 Å². The fraction of sp³-hybridized carbons (Fsp3) is 0.250. The number of hydrogen-bond acceptors (Lipinski definition) is 3. The highest BCUT2D eigenvalue weighted by atomic mass is 19.1. The highest BCUT2D eigenvalue weighted by molar-refractivity contribution is 5.45. The second kappa shape index (κ2) is 3.92. The van der Waals surface area contributed by atoms with Crippen LogP contribution < -0.4 is 10.5 Å². The van der Waals surface area contributed by atoms with Crippen molar-refractivity contribution < 1.29 is 14.2 Å². The van der Waals surface area contributed by atoms with E-state index in [-0.39, 0.29) is 18.9 Å². The van der Waals surface area contributed by atoms with Crippen molar-refractivity contribution in [2.24, 2.45) is 0 Å². The van der Waals surface area contributed by atoms with Crippen molar-refractivity contribution in [1.29, 1.82) is 0 Å². The van der Waals surface area contributed by atoms with Crippen LogP contribution in [-0.4, -0.2) is 18.3 Å². The van der Waals surface area contributed by atoms with Crippen molar-refractivity contribution in [2.45, 2.75) is 0 Å². The minimum absolute atomic E-state index is 0.0467. The maximum atomic E-state index is 12.6. The van der Waals surface area contributed by atoms with Gasteiger partial charge in [0.1, 0.15) is 18.2 Å². The molecular formula is C8H10FNO2. The SMILES string of the molecule is Nc1cc(OCCO)ccc1F. The van der Waals surface area contributed by atoms with Crippen LogP contribution in [-0.2, 0) is 0 Å². The monoisotopic (exact) mass is 171 g/mol. The van der Waals surface area contributed by atoms with E-state index in [1.165, 1.54) is 18.2 Å². The molecule has 1 aromatic rings. The van der Waals surface area contributed by atoms with Crippen molar-refractivity contribution in [2.75, 3.05) is 18.9 Å². The van der Waals surface area contributed by atoms with Gasteiger partial charge in [-0.25, -0.2) is 4.39 Å². The van der Waals surface area contributed by atoms with E-state index in [0.29, 0.717) is 5.75 Å². The standard InChI is InChI=1S/C8H10FNO2/c9-7-2-1-6(5-8(7)10)12-4-3-11/h1-2,5,11H,3-4,10H2. The molecule has 0 aromatic heterocycles. The predicted octanol–water partition coefficient (Wildman–Crippen LogP) is 0.779. The first-order chi connectivity index (χ1) is 5.74. The number of halogens is 1. The van der Waals surface area contributed by atoms with Gasteiger partial charge in [0, 0.05) is 6.07 Å². The summed E-state index contributed by atoms with van der Waals surface area (Å²) in [5.74, 6) is -0.00528. The van der Waals surface area contributed by atoms with E-state index in [1.54, 1.807) is 0 Å². The highest BCUT2D eigenvalue weighted by Gasteiger charge is 1.99. The first kappa shape index (κ1) is 8.80.